The minimum absolute atomic E-state index is 0.357. The minimum Gasteiger partial charge on any atom is -0.481 e. The highest BCUT2D eigenvalue weighted by Gasteiger charge is 2.22. The quantitative estimate of drug-likeness (QED) is 0.836. The number of hydrogen-bond donors (Lipinski definition) is 0. The molecule has 7 heteroatoms. The third kappa shape index (κ3) is 3.57. The van der Waals surface area contributed by atoms with Gasteiger partial charge in [0.2, 0.25) is 11.8 Å². The van der Waals surface area contributed by atoms with E-state index in [2.05, 4.69) is 9.97 Å². The van der Waals surface area contributed by atoms with Gasteiger partial charge in [0, 0.05) is 10.6 Å². The zero-order valence-corrected chi connectivity index (χ0v) is 13.3. The molecule has 1 aromatic carbocycles. The molecule has 0 bridgehead atoms. The maximum atomic E-state index is 14.1. The van der Waals surface area contributed by atoms with Gasteiger partial charge in [0.1, 0.15) is 5.82 Å². The predicted octanol–water partition coefficient (Wildman–Crippen LogP) is 3.74. The van der Waals surface area contributed by atoms with E-state index in [9.17, 15) is 4.39 Å². The molecule has 0 N–H and O–H groups in total. The Bertz CT molecular complexity index is 620. The van der Waals surface area contributed by atoms with Gasteiger partial charge in [0.25, 0.3) is 0 Å². The highest BCUT2D eigenvalue weighted by Crippen LogP contribution is 2.36. The lowest BCUT2D eigenvalue weighted by Gasteiger charge is -2.16. The van der Waals surface area contributed by atoms with Crippen LogP contribution in [0.1, 0.15) is 16.6 Å². The summed E-state index contributed by atoms with van der Waals surface area (Å²) in [5.74, 6) is 0.765. The van der Waals surface area contributed by atoms with E-state index in [4.69, 9.17) is 21.1 Å². The van der Waals surface area contributed by atoms with Crippen LogP contribution in [0.2, 0.25) is 5.02 Å². The molecule has 112 valence electrons. The molecule has 1 unspecified atom stereocenters. The number of halogens is 2. The van der Waals surface area contributed by atoms with Gasteiger partial charge in [-0.1, -0.05) is 11.6 Å². The molecule has 0 aliphatic carbocycles. The summed E-state index contributed by atoms with van der Waals surface area (Å²) >= 11 is 7.36. The Labute approximate surface area is 131 Å². The zero-order chi connectivity index (χ0) is 15.4. The van der Waals surface area contributed by atoms with Crippen molar-refractivity contribution in [2.24, 2.45) is 0 Å². The van der Waals surface area contributed by atoms with E-state index in [0.717, 1.165) is 0 Å². The fourth-order valence-corrected chi connectivity index (χ4v) is 2.77. The van der Waals surface area contributed by atoms with Crippen LogP contribution in [0.15, 0.2) is 24.3 Å². The van der Waals surface area contributed by atoms with Crippen molar-refractivity contribution in [3.8, 4) is 11.8 Å². The maximum Gasteiger partial charge on any atom is 0.220 e. The van der Waals surface area contributed by atoms with Crippen LogP contribution in [0.5, 0.6) is 11.8 Å². The first-order chi connectivity index (χ1) is 10.1. The molecule has 0 saturated heterocycles. The number of thioether (sulfide) groups is 1. The molecular weight excluding hydrogens is 315 g/mol. The van der Waals surface area contributed by atoms with Crippen molar-refractivity contribution in [2.75, 3.05) is 20.5 Å². The summed E-state index contributed by atoms with van der Waals surface area (Å²) in [5, 5.41) is 0.0491. The molecule has 1 heterocycles. The Morgan fingerprint density at radius 3 is 2.29 bits per heavy atom. The average molecular weight is 329 g/mol. The van der Waals surface area contributed by atoms with Crippen LogP contribution in [0.25, 0.3) is 0 Å². The number of rotatable bonds is 5. The molecule has 0 spiro atoms. The lowest BCUT2D eigenvalue weighted by Crippen LogP contribution is -2.07. The fraction of sp³-hybridized carbons (Fsp3) is 0.286. The first-order valence-electron chi connectivity index (χ1n) is 6.03. The number of aromatic nitrogens is 2. The van der Waals surface area contributed by atoms with Crippen LogP contribution in [0, 0.1) is 5.82 Å². The van der Waals surface area contributed by atoms with E-state index in [-0.39, 0.29) is 5.82 Å². The molecule has 0 aliphatic heterocycles. The standard InChI is InChI=1S/C14H14ClFN2O2S/c1-19-11-7-12(20-2)18-14(17-11)13(21-3)9-6-8(15)4-5-10(9)16/h4-7,13H,1-3H3. The molecule has 0 aliphatic rings. The summed E-state index contributed by atoms with van der Waals surface area (Å²) in [5.41, 5.74) is 0.422. The average Bonchev–Trinajstić information content (AvgIpc) is 2.51. The zero-order valence-electron chi connectivity index (χ0n) is 11.8. The van der Waals surface area contributed by atoms with Crippen molar-refractivity contribution in [2.45, 2.75) is 5.25 Å². The summed E-state index contributed by atoms with van der Waals surface area (Å²) in [6, 6.07) is 5.98. The Kier molecular flexibility index (Phi) is 5.25. The van der Waals surface area contributed by atoms with Crippen molar-refractivity contribution in [3.63, 3.8) is 0 Å². The van der Waals surface area contributed by atoms with Crippen molar-refractivity contribution in [3.05, 3.63) is 46.5 Å². The third-order valence-electron chi connectivity index (χ3n) is 2.83. The molecule has 21 heavy (non-hydrogen) atoms. The second-order valence-corrected chi connectivity index (χ2v) is 5.47. The second kappa shape index (κ2) is 6.95. The smallest absolute Gasteiger partial charge is 0.220 e. The Hall–Kier alpha value is -1.53. The SMILES string of the molecule is COc1cc(OC)nc(C(SC)c2cc(Cl)ccc2F)n1. The molecule has 0 amide bonds. The van der Waals surface area contributed by atoms with E-state index in [1.165, 1.54) is 38.1 Å². The van der Waals surface area contributed by atoms with Gasteiger partial charge in [-0.25, -0.2) is 4.39 Å². The molecule has 0 saturated carbocycles. The number of methoxy groups -OCH3 is 2. The van der Waals surface area contributed by atoms with Crippen molar-refractivity contribution < 1.29 is 13.9 Å². The van der Waals surface area contributed by atoms with E-state index in [0.29, 0.717) is 28.2 Å². The van der Waals surface area contributed by atoms with Gasteiger partial charge in [-0.15, -0.1) is 11.8 Å². The predicted molar refractivity (Wildman–Crippen MR) is 81.9 cm³/mol. The molecule has 4 nitrogen and oxygen atoms in total. The van der Waals surface area contributed by atoms with Crippen molar-refractivity contribution in [1.82, 2.24) is 9.97 Å². The first-order valence-corrected chi connectivity index (χ1v) is 7.70. The van der Waals surface area contributed by atoms with E-state index < -0.39 is 5.25 Å². The maximum absolute atomic E-state index is 14.1. The number of ether oxygens (including phenoxy) is 2. The van der Waals surface area contributed by atoms with E-state index in [1.807, 2.05) is 6.26 Å². The Morgan fingerprint density at radius 1 is 1.14 bits per heavy atom. The Morgan fingerprint density at radius 2 is 1.76 bits per heavy atom. The normalized spacial score (nSPS) is 12.0. The number of hydrogen-bond acceptors (Lipinski definition) is 5. The van der Waals surface area contributed by atoms with Crippen molar-refractivity contribution >= 4 is 23.4 Å². The van der Waals surface area contributed by atoms with E-state index >= 15 is 0 Å². The van der Waals surface area contributed by atoms with Gasteiger partial charge in [-0.3, -0.25) is 0 Å². The largest absolute Gasteiger partial charge is 0.481 e. The first kappa shape index (κ1) is 15.9. The van der Waals surface area contributed by atoms with Gasteiger partial charge in [0.05, 0.1) is 25.5 Å². The topological polar surface area (TPSA) is 44.2 Å². The molecule has 2 aromatic rings. The summed E-state index contributed by atoms with van der Waals surface area (Å²) < 4.78 is 24.3. The summed E-state index contributed by atoms with van der Waals surface area (Å²) in [7, 11) is 3.00. The third-order valence-corrected chi connectivity index (χ3v) is 4.00. The summed E-state index contributed by atoms with van der Waals surface area (Å²) in [6.45, 7) is 0. The second-order valence-electron chi connectivity index (χ2n) is 4.09. The highest BCUT2D eigenvalue weighted by molar-refractivity contribution is 7.99. The van der Waals surface area contributed by atoms with Crippen LogP contribution in [0.4, 0.5) is 4.39 Å². The summed E-state index contributed by atoms with van der Waals surface area (Å²) in [4.78, 5) is 8.55. The molecule has 0 fully saturated rings. The number of benzene rings is 1. The van der Waals surface area contributed by atoms with Crippen LogP contribution >= 0.6 is 23.4 Å². The lowest BCUT2D eigenvalue weighted by atomic mass is 10.1. The fourth-order valence-electron chi connectivity index (χ4n) is 1.83. The van der Waals surface area contributed by atoms with Gasteiger partial charge in [0.15, 0.2) is 5.82 Å². The van der Waals surface area contributed by atoms with Crippen molar-refractivity contribution in [1.29, 1.82) is 0 Å². The summed E-state index contributed by atoms with van der Waals surface area (Å²) in [6.07, 6.45) is 1.85. The van der Waals surface area contributed by atoms with Crippen LogP contribution in [-0.4, -0.2) is 30.4 Å². The van der Waals surface area contributed by atoms with Gasteiger partial charge < -0.3 is 9.47 Å². The molecule has 1 aromatic heterocycles. The highest BCUT2D eigenvalue weighted by atomic mass is 35.5. The van der Waals surface area contributed by atoms with Gasteiger partial charge in [-0.05, 0) is 24.5 Å². The lowest BCUT2D eigenvalue weighted by molar-refractivity contribution is 0.368. The van der Waals surface area contributed by atoms with Crippen LogP contribution < -0.4 is 9.47 Å². The molecular formula is C14H14ClFN2O2S. The molecule has 0 radical (unpaired) electrons. The van der Waals surface area contributed by atoms with E-state index in [1.54, 1.807) is 12.1 Å². The molecule has 1 atom stereocenters. The van der Waals surface area contributed by atoms with Crippen LogP contribution in [-0.2, 0) is 0 Å². The molecule has 2 rings (SSSR count). The van der Waals surface area contributed by atoms with Gasteiger partial charge in [-0.2, -0.15) is 9.97 Å². The Balaban J connectivity index is 2.52. The minimum atomic E-state index is -0.410. The number of nitrogens with zero attached hydrogens (tertiary/aromatic N) is 2. The monoisotopic (exact) mass is 328 g/mol. The van der Waals surface area contributed by atoms with Gasteiger partial charge >= 0.3 is 0 Å². The van der Waals surface area contributed by atoms with Crippen LogP contribution in [0.3, 0.4) is 0 Å².